The van der Waals surface area contributed by atoms with Gasteiger partial charge in [0.1, 0.15) is 5.75 Å². The van der Waals surface area contributed by atoms with Gasteiger partial charge in [-0.15, -0.1) is 0 Å². The maximum atomic E-state index is 9.68. The van der Waals surface area contributed by atoms with E-state index in [4.69, 9.17) is 0 Å². The highest BCUT2D eigenvalue weighted by molar-refractivity contribution is 5.87. The van der Waals surface area contributed by atoms with Crippen molar-refractivity contribution >= 4 is 10.9 Å². The molecule has 1 N–H and O–H groups in total. The van der Waals surface area contributed by atoms with Crippen molar-refractivity contribution in [3.63, 3.8) is 0 Å². The quantitative estimate of drug-likeness (QED) is 0.733. The number of hydrogen-bond donors (Lipinski definition) is 1. The zero-order valence-corrected chi connectivity index (χ0v) is 8.78. The average Bonchev–Trinajstić information content (AvgIpc) is 2.46. The van der Waals surface area contributed by atoms with Gasteiger partial charge in [0, 0.05) is 18.1 Å². The molecule has 0 bridgehead atoms. The lowest BCUT2D eigenvalue weighted by molar-refractivity contribution is 0.481. The Morgan fingerprint density at radius 2 is 2.00 bits per heavy atom. The summed E-state index contributed by atoms with van der Waals surface area (Å²) < 4.78 is 2.14. The third kappa shape index (κ3) is 1.18. The smallest absolute Gasteiger partial charge is 0.124 e. The van der Waals surface area contributed by atoms with Crippen LogP contribution in [0.25, 0.3) is 10.9 Å². The summed E-state index contributed by atoms with van der Waals surface area (Å²) in [6, 6.07) is 7.70. The van der Waals surface area contributed by atoms with E-state index in [-0.39, 0.29) is 0 Å². The molecular formula is C12H15NO. The first-order valence-corrected chi connectivity index (χ1v) is 4.88. The molecule has 0 aliphatic carbocycles. The van der Waals surface area contributed by atoms with Gasteiger partial charge in [0.2, 0.25) is 0 Å². The maximum absolute atomic E-state index is 9.68. The Balaban J connectivity index is 2.80. The van der Waals surface area contributed by atoms with Crippen LogP contribution in [0.4, 0.5) is 0 Å². The third-order valence-electron chi connectivity index (χ3n) is 2.69. The van der Waals surface area contributed by atoms with Gasteiger partial charge in [0.15, 0.2) is 0 Å². The van der Waals surface area contributed by atoms with Crippen LogP contribution in [0.5, 0.6) is 5.75 Å². The summed E-state index contributed by atoms with van der Waals surface area (Å²) in [4.78, 5) is 0. The summed E-state index contributed by atoms with van der Waals surface area (Å²) in [6.45, 7) is 4.32. The van der Waals surface area contributed by atoms with Gasteiger partial charge in [-0.2, -0.15) is 0 Å². The minimum absolute atomic E-state index is 0.366. The molecule has 0 amide bonds. The highest BCUT2D eigenvalue weighted by Crippen LogP contribution is 2.29. The fourth-order valence-electron chi connectivity index (χ4n) is 1.92. The Bertz CT molecular complexity index is 468. The molecule has 0 atom stereocenters. The van der Waals surface area contributed by atoms with Gasteiger partial charge in [-0.05, 0) is 24.1 Å². The van der Waals surface area contributed by atoms with Crippen molar-refractivity contribution < 1.29 is 5.11 Å². The fraction of sp³-hybridized carbons (Fsp3) is 0.333. The van der Waals surface area contributed by atoms with E-state index in [0.29, 0.717) is 11.7 Å². The van der Waals surface area contributed by atoms with Crippen molar-refractivity contribution in [1.82, 2.24) is 4.57 Å². The summed E-state index contributed by atoms with van der Waals surface area (Å²) in [5.41, 5.74) is 2.34. The lowest BCUT2D eigenvalue weighted by Crippen LogP contribution is -1.97. The van der Waals surface area contributed by atoms with Gasteiger partial charge in [-0.25, -0.2) is 0 Å². The summed E-state index contributed by atoms with van der Waals surface area (Å²) >= 11 is 0. The van der Waals surface area contributed by atoms with E-state index in [0.717, 1.165) is 10.9 Å². The first-order valence-electron chi connectivity index (χ1n) is 4.88. The highest BCUT2D eigenvalue weighted by atomic mass is 16.3. The summed E-state index contributed by atoms with van der Waals surface area (Å²) in [5, 5.41) is 10.6. The van der Waals surface area contributed by atoms with Crippen LogP contribution in [0.15, 0.2) is 24.3 Å². The van der Waals surface area contributed by atoms with E-state index in [1.54, 1.807) is 6.07 Å². The summed E-state index contributed by atoms with van der Waals surface area (Å²) in [6.07, 6.45) is 0. The Kier molecular flexibility index (Phi) is 1.99. The van der Waals surface area contributed by atoms with Crippen LogP contribution < -0.4 is 0 Å². The van der Waals surface area contributed by atoms with Crippen molar-refractivity contribution in [3.05, 3.63) is 30.0 Å². The minimum atomic E-state index is 0.366. The molecule has 0 spiro atoms. The topological polar surface area (TPSA) is 25.2 Å². The highest BCUT2D eigenvalue weighted by Gasteiger charge is 2.10. The molecule has 2 aromatic rings. The van der Waals surface area contributed by atoms with E-state index in [1.165, 1.54) is 5.69 Å². The predicted octanol–water partition coefficient (Wildman–Crippen LogP) is 3.01. The number of nitrogens with zero attached hydrogens (tertiary/aromatic N) is 1. The van der Waals surface area contributed by atoms with Crippen LogP contribution in [0.2, 0.25) is 0 Å². The lowest BCUT2D eigenvalue weighted by Gasteiger charge is -2.06. The number of rotatable bonds is 1. The van der Waals surface area contributed by atoms with Gasteiger partial charge in [0.05, 0.1) is 5.52 Å². The molecule has 0 radical (unpaired) electrons. The second kappa shape index (κ2) is 3.05. The zero-order chi connectivity index (χ0) is 10.3. The molecule has 0 aliphatic heterocycles. The molecule has 0 aliphatic rings. The molecule has 2 nitrogen and oxygen atoms in total. The summed E-state index contributed by atoms with van der Waals surface area (Å²) in [7, 11) is 2.04. The Hall–Kier alpha value is -1.44. The Labute approximate surface area is 83.8 Å². The molecule has 0 unspecified atom stereocenters. The molecule has 1 aromatic carbocycles. The molecule has 0 fully saturated rings. The van der Waals surface area contributed by atoms with E-state index in [2.05, 4.69) is 24.5 Å². The number of aromatic hydroxyl groups is 1. The van der Waals surface area contributed by atoms with Gasteiger partial charge in [0.25, 0.3) is 0 Å². The number of aryl methyl sites for hydroxylation is 1. The van der Waals surface area contributed by atoms with E-state index >= 15 is 0 Å². The van der Waals surface area contributed by atoms with Crippen LogP contribution in [0.1, 0.15) is 25.5 Å². The SMILES string of the molecule is CC(C)c1cc2c(O)cccc2n1C. The van der Waals surface area contributed by atoms with E-state index in [1.807, 2.05) is 19.2 Å². The first kappa shape index (κ1) is 9.13. The van der Waals surface area contributed by atoms with Crippen molar-refractivity contribution in [3.8, 4) is 5.75 Å². The zero-order valence-electron chi connectivity index (χ0n) is 8.78. The van der Waals surface area contributed by atoms with Gasteiger partial charge >= 0.3 is 0 Å². The molecule has 2 rings (SSSR count). The molecule has 0 saturated carbocycles. The number of fused-ring (bicyclic) bond motifs is 1. The predicted molar refractivity (Wildman–Crippen MR) is 58.7 cm³/mol. The lowest BCUT2D eigenvalue weighted by atomic mass is 10.1. The molecule has 1 heterocycles. The average molecular weight is 189 g/mol. The number of phenolic OH excluding ortho intramolecular Hbond substituents is 1. The third-order valence-corrected chi connectivity index (χ3v) is 2.69. The van der Waals surface area contributed by atoms with E-state index in [9.17, 15) is 5.11 Å². The van der Waals surface area contributed by atoms with Crippen LogP contribution in [-0.4, -0.2) is 9.67 Å². The molecule has 14 heavy (non-hydrogen) atoms. The van der Waals surface area contributed by atoms with Crippen LogP contribution in [-0.2, 0) is 7.05 Å². The van der Waals surface area contributed by atoms with Crippen LogP contribution in [0, 0.1) is 0 Å². The van der Waals surface area contributed by atoms with Gasteiger partial charge in [-0.1, -0.05) is 19.9 Å². The molecule has 1 aromatic heterocycles. The standard InChI is InChI=1S/C12H15NO/c1-8(2)11-7-9-10(13(11)3)5-4-6-12(9)14/h4-8,14H,1-3H3. The number of benzene rings is 1. The second-order valence-electron chi connectivity index (χ2n) is 3.99. The van der Waals surface area contributed by atoms with Crippen molar-refractivity contribution in [2.45, 2.75) is 19.8 Å². The van der Waals surface area contributed by atoms with E-state index < -0.39 is 0 Å². The largest absolute Gasteiger partial charge is 0.507 e. The van der Waals surface area contributed by atoms with Crippen molar-refractivity contribution in [2.24, 2.45) is 7.05 Å². The second-order valence-corrected chi connectivity index (χ2v) is 3.99. The summed E-state index contributed by atoms with van der Waals surface area (Å²) in [5.74, 6) is 0.844. The molecule has 74 valence electrons. The normalized spacial score (nSPS) is 11.4. The van der Waals surface area contributed by atoms with Crippen LogP contribution >= 0.6 is 0 Å². The molecule has 2 heteroatoms. The number of aromatic nitrogens is 1. The minimum Gasteiger partial charge on any atom is -0.507 e. The monoisotopic (exact) mass is 189 g/mol. The van der Waals surface area contributed by atoms with Crippen LogP contribution in [0.3, 0.4) is 0 Å². The van der Waals surface area contributed by atoms with Crippen molar-refractivity contribution in [2.75, 3.05) is 0 Å². The fourth-order valence-corrected chi connectivity index (χ4v) is 1.92. The van der Waals surface area contributed by atoms with Crippen molar-refractivity contribution in [1.29, 1.82) is 0 Å². The Morgan fingerprint density at radius 3 is 2.57 bits per heavy atom. The van der Waals surface area contributed by atoms with Gasteiger partial charge in [-0.3, -0.25) is 0 Å². The number of phenols is 1. The molecule has 0 saturated heterocycles. The maximum Gasteiger partial charge on any atom is 0.124 e. The molecular weight excluding hydrogens is 174 g/mol. The van der Waals surface area contributed by atoms with Gasteiger partial charge < -0.3 is 9.67 Å². The number of hydrogen-bond acceptors (Lipinski definition) is 1. The Morgan fingerprint density at radius 1 is 1.29 bits per heavy atom. The first-order chi connectivity index (χ1) is 6.61.